The van der Waals surface area contributed by atoms with Crippen molar-refractivity contribution in [1.82, 2.24) is 10.3 Å². The number of hydrogen-bond acceptors (Lipinski definition) is 6. The summed E-state index contributed by atoms with van der Waals surface area (Å²) in [6, 6.07) is 2.74. The SMILES string of the molecule is COc1nc(N(C)C)sc1CNC1CCCc2sccc21. The normalized spacial score (nSPS) is 17.6. The van der Waals surface area contributed by atoms with Crippen LogP contribution in [0.3, 0.4) is 0 Å². The zero-order chi connectivity index (χ0) is 14.8. The first-order valence-electron chi connectivity index (χ1n) is 7.19. The first-order valence-corrected chi connectivity index (χ1v) is 8.89. The number of aromatic nitrogens is 1. The lowest BCUT2D eigenvalue weighted by atomic mass is 9.94. The van der Waals surface area contributed by atoms with Crippen molar-refractivity contribution < 1.29 is 4.74 Å². The van der Waals surface area contributed by atoms with Gasteiger partial charge in [-0.2, -0.15) is 4.98 Å². The number of fused-ring (bicyclic) bond motifs is 1. The van der Waals surface area contributed by atoms with Gasteiger partial charge in [-0.25, -0.2) is 0 Å². The summed E-state index contributed by atoms with van der Waals surface area (Å²) in [5, 5.41) is 6.89. The Morgan fingerprint density at radius 3 is 3.10 bits per heavy atom. The first-order chi connectivity index (χ1) is 10.2. The summed E-state index contributed by atoms with van der Waals surface area (Å²) < 4.78 is 5.41. The van der Waals surface area contributed by atoms with Gasteiger partial charge in [0.05, 0.1) is 12.0 Å². The van der Waals surface area contributed by atoms with Crippen molar-refractivity contribution in [3.63, 3.8) is 0 Å². The molecular formula is C15H21N3OS2. The number of thiazole rings is 1. The van der Waals surface area contributed by atoms with Gasteiger partial charge in [-0.15, -0.1) is 11.3 Å². The van der Waals surface area contributed by atoms with Crippen molar-refractivity contribution in [2.45, 2.75) is 31.8 Å². The second kappa shape index (κ2) is 6.34. The Hall–Kier alpha value is -1.11. The fourth-order valence-electron chi connectivity index (χ4n) is 2.70. The molecule has 2 aromatic heterocycles. The second-order valence-corrected chi connectivity index (χ2v) is 7.51. The van der Waals surface area contributed by atoms with E-state index in [0.717, 1.165) is 17.6 Å². The molecule has 1 aliphatic carbocycles. The molecule has 0 spiro atoms. The van der Waals surface area contributed by atoms with Crippen molar-refractivity contribution in [3.8, 4) is 5.88 Å². The number of ether oxygens (including phenoxy) is 1. The third kappa shape index (κ3) is 3.07. The molecule has 0 saturated carbocycles. The van der Waals surface area contributed by atoms with Crippen molar-refractivity contribution >= 4 is 27.8 Å². The maximum atomic E-state index is 5.41. The summed E-state index contributed by atoms with van der Waals surface area (Å²) in [7, 11) is 5.71. The topological polar surface area (TPSA) is 37.4 Å². The van der Waals surface area contributed by atoms with Gasteiger partial charge >= 0.3 is 0 Å². The minimum absolute atomic E-state index is 0.467. The predicted octanol–water partition coefficient (Wildman–Crippen LogP) is 3.45. The third-order valence-electron chi connectivity index (χ3n) is 3.79. The Morgan fingerprint density at radius 1 is 1.48 bits per heavy atom. The summed E-state index contributed by atoms with van der Waals surface area (Å²) in [4.78, 5) is 9.25. The molecule has 0 amide bonds. The quantitative estimate of drug-likeness (QED) is 0.914. The van der Waals surface area contributed by atoms with Gasteiger partial charge in [0.2, 0.25) is 5.88 Å². The van der Waals surface area contributed by atoms with Crippen molar-refractivity contribution in [3.05, 3.63) is 26.8 Å². The molecule has 0 saturated heterocycles. The van der Waals surface area contributed by atoms with Gasteiger partial charge in [0.1, 0.15) is 0 Å². The van der Waals surface area contributed by atoms with E-state index in [2.05, 4.69) is 21.7 Å². The van der Waals surface area contributed by atoms with Crippen molar-refractivity contribution in [2.75, 3.05) is 26.1 Å². The Morgan fingerprint density at radius 2 is 2.33 bits per heavy atom. The molecular weight excluding hydrogens is 302 g/mol. The molecule has 0 aliphatic heterocycles. The Kier molecular flexibility index (Phi) is 4.47. The zero-order valence-electron chi connectivity index (χ0n) is 12.7. The summed E-state index contributed by atoms with van der Waals surface area (Å²) in [5.74, 6) is 0.748. The molecule has 2 heterocycles. The van der Waals surface area contributed by atoms with Crippen LogP contribution in [0.15, 0.2) is 11.4 Å². The fraction of sp³-hybridized carbons (Fsp3) is 0.533. The highest BCUT2D eigenvalue weighted by molar-refractivity contribution is 7.15. The van der Waals surface area contributed by atoms with E-state index in [1.54, 1.807) is 23.3 Å². The van der Waals surface area contributed by atoms with Crippen LogP contribution in [0.4, 0.5) is 5.13 Å². The maximum Gasteiger partial charge on any atom is 0.230 e. The Bertz CT molecular complexity index is 606. The number of hydrogen-bond donors (Lipinski definition) is 1. The molecule has 6 heteroatoms. The summed E-state index contributed by atoms with van der Waals surface area (Å²) in [6.45, 7) is 0.814. The molecule has 21 heavy (non-hydrogen) atoms. The average Bonchev–Trinajstić information content (AvgIpc) is 3.11. The van der Waals surface area contributed by atoms with Gasteiger partial charge < -0.3 is 15.0 Å². The van der Waals surface area contributed by atoms with Gasteiger partial charge in [-0.3, -0.25) is 0 Å². The van der Waals surface area contributed by atoms with Crippen LogP contribution in [0, 0.1) is 0 Å². The van der Waals surface area contributed by atoms with Gasteiger partial charge in [0.15, 0.2) is 5.13 Å². The van der Waals surface area contributed by atoms with Gasteiger partial charge in [0.25, 0.3) is 0 Å². The molecule has 1 N–H and O–H groups in total. The van der Waals surface area contributed by atoms with E-state index in [9.17, 15) is 0 Å². The van der Waals surface area contributed by atoms with Crippen LogP contribution in [-0.4, -0.2) is 26.2 Å². The smallest absolute Gasteiger partial charge is 0.230 e. The lowest BCUT2D eigenvalue weighted by Crippen LogP contribution is -2.23. The molecule has 0 radical (unpaired) electrons. The van der Waals surface area contributed by atoms with E-state index in [1.165, 1.54) is 29.7 Å². The fourth-order valence-corrected chi connectivity index (χ4v) is 4.59. The van der Waals surface area contributed by atoms with Crippen LogP contribution >= 0.6 is 22.7 Å². The lowest BCUT2D eigenvalue weighted by molar-refractivity contribution is 0.390. The third-order valence-corrected chi connectivity index (χ3v) is 5.99. The molecule has 2 aromatic rings. The van der Waals surface area contributed by atoms with E-state index < -0.39 is 0 Å². The molecule has 4 nitrogen and oxygen atoms in total. The van der Waals surface area contributed by atoms with Gasteiger partial charge in [-0.05, 0) is 36.3 Å². The predicted molar refractivity (Wildman–Crippen MR) is 89.8 cm³/mol. The molecule has 0 aromatic carbocycles. The van der Waals surface area contributed by atoms with Crippen LogP contribution in [0.25, 0.3) is 0 Å². The van der Waals surface area contributed by atoms with E-state index in [4.69, 9.17) is 4.74 Å². The Labute approximate surface area is 133 Å². The van der Waals surface area contributed by atoms with Crippen LogP contribution in [0.5, 0.6) is 5.88 Å². The minimum Gasteiger partial charge on any atom is -0.480 e. The number of anilines is 1. The van der Waals surface area contributed by atoms with Crippen LogP contribution in [0.1, 0.15) is 34.2 Å². The molecule has 1 aliphatic rings. The van der Waals surface area contributed by atoms with E-state index >= 15 is 0 Å². The maximum absolute atomic E-state index is 5.41. The molecule has 3 rings (SSSR count). The van der Waals surface area contributed by atoms with E-state index in [0.29, 0.717) is 6.04 Å². The number of thiophene rings is 1. The van der Waals surface area contributed by atoms with Crippen molar-refractivity contribution in [1.29, 1.82) is 0 Å². The molecule has 1 atom stereocenters. The van der Waals surface area contributed by atoms with Crippen molar-refractivity contribution in [2.24, 2.45) is 0 Å². The van der Waals surface area contributed by atoms with Crippen LogP contribution in [0.2, 0.25) is 0 Å². The summed E-state index contributed by atoms with van der Waals surface area (Å²) in [5.41, 5.74) is 1.49. The van der Waals surface area contributed by atoms with Crippen LogP contribution in [-0.2, 0) is 13.0 Å². The molecule has 114 valence electrons. The van der Waals surface area contributed by atoms with E-state index in [-0.39, 0.29) is 0 Å². The summed E-state index contributed by atoms with van der Waals surface area (Å²) in [6.07, 6.45) is 3.72. The number of nitrogens with zero attached hydrogens (tertiary/aromatic N) is 2. The average molecular weight is 323 g/mol. The van der Waals surface area contributed by atoms with Gasteiger partial charge in [-0.1, -0.05) is 11.3 Å². The molecule has 0 fully saturated rings. The largest absolute Gasteiger partial charge is 0.480 e. The zero-order valence-corrected chi connectivity index (χ0v) is 14.3. The standard InChI is InChI=1S/C15H21N3OS2/c1-18(2)15-17-14(19-3)13(21-15)9-16-11-5-4-6-12-10(11)7-8-20-12/h7-8,11,16H,4-6,9H2,1-3H3. The van der Waals surface area contributed by atoms with E-state index in [1.807, 2.05) is 30.3 Å². The highest BCUT2D eigenvalue weighted by atomic mass is 32.1. The number of methoxy groups -OCH3 is 1. The first kappa shape index (κ1) is 14.8. The highest BCUT2D eigenvalue weighted by Crippen LogP contribution is 2.35. The number of rotatable bonds is 5. The highest BCUT2D eigenvalue weighted by Gasteiger charge is 2.22. The summed E-state index contributed by atoms with van der Waals surface area (Å²) >= 11 is 3.58. The number of nitrogens with one attached hydrogen (secondary N) is 1. The second-order valence-electron chi connectivity index (χ2n) is 5.45. The molecule has 0 bridgehead atoms. The monoisotopic (exact) mass is 323 g/mol. The van der Waals surface area contributed by atoms with Crippen LogP contribution < -0.4 is 15.0 Å². The minimum atomic E-state index is 0.467. The van der Waals surface area contributed by atoms with Gasteiger partial charge in [0, 0.05) is 31.6 Å². The Balaban J connectivity index is 1.71. The number of aryl methyl sites for hydroxylation is 1. The lowest BCUT2D eigenvalue weighted by Gasteiger charge is -2.23. The molecule has 1 unspecified atom stereocenters.